The molecule has 3 nitrogen and oxygen atoms in total. The molecule has 1 aliphatic rings. The van der Waals surface area contributed by atoms with Crippen LogP contribution >= 0.6 is 11.3 Å². The predicted molar refractivity (Wildman–Crippen MR) is 70.3 cm³/mol. The number of carbonyl (C=O) groups excluding carboxylic acids is 1. The van der Waals surface area contributed by atoms with Crippen molar-refractivity contribution in [2.24, 2.45) is 0 Å². The monoisotopic (exact) mass is 259 g/mol. The number of rotatable bonds is 1. The zero-order chi connectivity index (χ0) is 12.7. The van der Waals surface area contributed by atoms with E-state index < -0.39 is 0 Å². The Morgan fingerprint density at radius 2 is 2.22 bits per heavy atom. The molecule has 1 atom stereocenters. The molecule has 0 fully saturated rings. The molecular formula is C14H13NO2S. The van der Waals surface area contributed by atoms with Crippen LogP contribution in [0.5, 0.6) is 5.75 Å². The lowest BCUT2D eigenvalue weighted by atomic mass is 9.98. The zero-order valence-corrected chi connectivity index (χ0v) is 11.1. The number of ether oxygens (including phenoxy) is 1. The van der Waals surface area contributed by atoms with Crippen molar-refractivity contribution in [2.75, 3.05) is 0 Å². The van der Waals surface area contributed by atoms with Gasteiger partial charge in [0.1, 0.15) is 11.9 Å². The van der Waals surface area contributed by atoms with Gasteiger partial charge in [-0.3, -0.25) is 4.79 Å². The van der Waals surface area contributed by atoms with Crippen LogP contribution in [-0.2, 0) is 0 Å². The molecule has 1 aromatic carbocycles. The highest BCUT2D eigenvalue weighted by atomic mass is 32.1. The third-order valence-electron chi connectivity index (χ3n) is 3.04. The van der Waals surface area contributed by atoms with Crippen molar-refractivity contribution in [1.29, 1.82) is 0 Å². The first kappa shape index (κ1) is 11.4. The van der Waals surface area contributed by atoms with Gasteiger partial charge in [-0.1, -0.05) is 11.6 Å². The fraction of sp³-hybridized carbons (Fsp3) is 0.286. The lowest BCUT2D eigenvalue weighted by molar-refractivity contribution is 0.0845. The van der Waals surface area contributed by atoms with Gasteiger partial charge >= 0.3 is 0 Å². The topological polar surface area (TPSA) is 39.2 Å². The van der Waals surface area contributed by atoms with Crippen LogP contribution in [-0.4, -0.2) is 10.8 Å². The van der Waals surface area contributed by atoms with E-state index in [0.29, 0.717) is 17.7 Å². The molecule has 3 rings (SSSR count). The lowest BCUT2D eigenvalue weighted by Crippen LogP contribution is -2.20. The van der Waals surface area contributed by atoms with Gasteiger partial charge in [0.15, 0.2) is 5.78 Å². The minimum atomic E-state index is -0.238. The van der Waals surface area contributed by atoms with Gasteiger partial charge in [0.2, 0.25) is 0 Å². The van der Waals surface area contributed by atoms with Gasteiger partial charge in [0.25, 0.3) is 0 Å². The first-order chi connectivity index (χ1) is 8.63. The van der Waals surface area contributed by atoms with Gasteiger partial charge in [-0.05, 0) is 26.0 Å². The van der Waals surface area contributed by atoms with Crippen molar-refractivity contribution in [3.63, 3.8) is 0 Å². The highest BCUT2D eigenvalue weighted by Gasteiger charge is 2.28. The standard InChI is InChI=1S/C14H13NO2S/c1-8-3-4-13-10(5-8)12(16)6-14(17-13)11-7-18-9(2)15-11/h3-5,7,14H,6H2,1-2H3. The third kappa shape index (κ3) is 1.93. The highest BCUT2D eigenvalue weighted by Crippen LogP contribution is 2.35. The first-order valence-electron chi connectivity index (χ1n) is 5.86. The Morgan fingerprint density at radius 3 is 2.94 bits per heavy atom. The van der Waals surface area contributed by atoms with Crippen molar-refractivity contribution < 1.29 is 9.53 Å². The number of ketones is 1. The Kier molecular flexibility index (Phi) is 2.67. The average Bonchev–Trinajstić information content (AvgIpc) is 2.77. The van der Waals surface area contributed by atoms with E-state index in [4.69, 9.17) is 4.74 Å². The summed E-state index contributed by atoms with van der Waals surface area (Å²) in [5, 5.41) is 2.96. The number of aromatic nitrogens is 1. The van der Waals surface area contributed by atoms with Crippen molar-refractivity contribution in [3.05, 3.63) is 45.4 Å². The number of hydrogen-bond donors (Lipinski definition) is 0. The molecule has 1 unspecified atom stereocenters. The lowest BCUT2D eigenvalue weighted by Gasteiger charge is -2.24. The van der Waals surface area contributed by atoms with E-state index in [0.717, 1.165) is 16.3 Å². The number of fused-ring (bicyclic) bond motifs is 1. The Hall–Kier alpha value is -1.68. The minimum Gasteiger partial charge on any atom is -0.483 e. The summed E-state index contributed by atoms with van der Waals surface area (Å²) in [5.41, 5.74) is 2.63. The first-order valence-corrected chi connectivity index (χ1v) is 6.74. The van der Waals surface area contributed by atoms with E-state index in [1.54, 1.807) is 11.3 Å². The van der Waals surface area contributed by atoms with Crippen molar-refractivity contribution in [2.45, 2.75) is 26.4 Å². The van der Waals surface area contributed by atoms with Crippen LogP contribution in [0.25, 0.3) is 0 Å². The molecule has 18 heavy (non-hydrogen) atoms. The summed E-state index contributed by atoms with van der Waals surface area (Å²) in [7, 11) is 0. The molecule has 1 aromatic heterocycles. The molecular weight excluding hydrogens is 246 g/mol. The molecule has 1 aliphatic heterocycles. The van der Waals surface area contributed by atoms with Gasteiger partial charge < -0.3 is 4.74 Å². The van der Waals surface area contributed by atoms with Crippen LogP contribution in [0.3, 0.4) is 0 Å². The van der Waals surface area contributed by atoms with E-state index in [1.807, 2.05) is 37.4 Å². The average molecular weight is 259 g/mol. The van der Waals surface area contributed by atoms with Crippen LogP contribution in [0, 0.1) is 13.8 Å². The Morgan fingerprint density at radius 1 is 1.39 bits per heavy atom. The van der Waals surface area contributed by atoms with E-state index in [9.17, 15) is 4.79 Å². The smallest absolute Gasteiger partial charge is 0.170 e. The van der Waals surface area contributed by atoms with Gasteiger partial charge in [-0.15, -0.1) is 11.3 Å². The summed E-state index contributed by atoms with van der Waals surface area (Å²) >= 11 is 1.58. The Labute approximate surface area is 109 Å². The van der Waals surface area contributed by atoms with Crippen LogP contribution in [0.1, 0.15) is 39.1 Å². The highest BCUT2D eigenvalue weighted by molar-refractivity contribution is 7.09. The Bertz CT molecular complexity index is 618. The second-order valence-corrected chi connectivity index (χ2v) is 5.59. The SMILES string of the molecule is Cc1ccc2c(c1)C(=O)CC(c1csc(C)n1)O2. The molecule has 0 spiro atoms. The van der Waals surface area contributed by atoms with Gasteiger partial charge in [0, 0.05) is 5.38 Å². The number of carbonyl (C=O) groups is 1. The number of aryl methyl sites for hydroxylation is 2. The van der Waals surface area contributed by atoms with Crippen LogP contribution < -0.4 is 4.74 Å². The summed E-state index contributed by atoms with van der Waals surface area (Å²) < 4.78 is 5.88. The van der Waals surface area contributed by atoms with Crippen LogP contribution in [0.2, 0.25) is 0 Å². The molecule has 0 saturated heterocycles. The third-order valence-corrected chi connectivity index (χ3v) is 3.83. The number of hydrogen-bond acceptors (Lipinski definition) is 4. The molecule has 0 saturated carbocycles. The molecule has 0 radical (unpaired) electrons. The number of nitrogens with zero attached hydrogens (tertiary/aromatic N) is 1. The fourth-order valence-electron chi connectivity index (χ4n) is 2.13. The number of benzene rings is 1. The maximum Gasteiger partial charge on any atom is 0.170 e. The van der Waals surface area contributed by atoms with Gasteiger partial charge in [-0.2, -0.15) is 0 Å². The minimum absolute atomic E-state index is 0.135. The fourth-order valence-corrected chi connectivity index (χ4v) is 2.78. The normalized spacial score (nSPS) is 18.3. The predicted octanol–water partition coefficient (Wildman–Crippen LogP) is 3.47. The summed E-state index contributed by atoms with van der Waals surface area (Å²) in [6.07, 6.45) is 0.136. The van der Waals surface area contributed by atoms with E-state index in [2.05, 4.69) is 4.98 Å². The Balaban J connectivity index is 1.96. The van der Waals surface area contributed by atoms with Crippen molar-refractivity contribution in [3.8, 4) is 5.75 Å². The summed E-state index contributed by atoms with van der Waals surface area (Å²) in [5.74, 6) is 0.808. The largest absolute Gasteiger partial charge is 0.483 e. The van der Waals surface area contributed by atoms with Crippen molar-refractivity contribution >= 4 is 17.1 Å². The number of thiazole rings is 1. The molecule has 92 valence electrons. The van der Waals surface area contributed by atoms with Crippen molar-refractivity contribution in [1.82, 2.24) is 4.98 Å². The number of Topliss-reactive ketones (excluding diaryl/α,β-unsaturated/α-hetero) is 1. The maximum absolute atomic E-state index is 12.1. The quantitative estimate of drug-likeness (QED) is 0.787. The van der Waals surface area contributed by atoms with E-state index >= 15 is 0 Å². The molecule has 0 aliphatic carbocycles. The summed E-state index contributed by atoms with van der Waals surface area (Å²) in [6.45, 7) is 3.93. The zero-order valence-electron chi connectivity index (χ0n) is 10.3. The second kappa shape index (κ2) is 4.21. The molecule has 4 heteroatoms. The molecule has 2 heterocycles. The molecule has 0 amide bonds. The van der Waals surface area contributed by atoms with Crippen LogP contribution in [0.15, 0.2) is 23.6 Å². The molecule has 2 aromatic rings. The van der Waals surface area contributed by atoms with E-state index in [-0.39, 0.29) is 11.9 Å². The second-order valence-electron chi connectivity index (χ2n) is 4.52. The van der Waals surface area contributed by atoms with Crippen LogP contribution in [0.4, 0.5) is 0 Å². The molecule has 0 bridgehead atoms. The maximum atomic E-state index is 12.1. The van der Waals surface area contributed by atoms with E-state index in [1.165, 1.54) is 0 Å². The molecule has 0 N–H and O–H groups in total. The summed E-state index contributed by atoms with van der Waals surface area (Å²) in [6, 6.07) is 5.72. The van der Waals surface area contributed by atoms with Gasteiger partial charge in [0.05, 0.1) is 22.7 Å². The summed E-state index contributed by atoms with van der Waals surface area (Å²) in [4.78, 5) is 16.5. The van der Waals surface area contributed by atoms with Gasteiger partial charge in [-0.25, -0.2) is 4.98 Å².